The van der Waals surface area contributed by atoms with E-state index in [1.54, 1.807) is 48.7 Å². The Kier molecular flexibility index (Phi) is 5.65. The number of nitrogens with zero attached hydrogens (tertiary/aromatic N) is 5. The van der Waals surface area contributed by atoms with Crippen molar-refractivity contribution in [2.24, 2.45) is 0 Å². The van der Waals surface area contributed by atoms with Gasteiger partial charge in [-0.25, -0.2) is 13.4 Å². The number of ether oxygens (including phenoxy) is 1. The predicted molar refractivity (Wildman–Crippen MR) is 117 cm³/mol. The lowest BCUT2D eigenvalue weighted by Crippen LogP contribution is -2.37. The number of aromatic nitrogens is 4. The molecule has 0 saturated carbocycles. The molecule has 0 N–H and O–H groups in total. The summed E-state index contributed by atoms with van der Waals surface area (Å²) < 4.78 is 63.0. The fourth-order valence-electron chi connectivity index (χ4n) is 3.51. The summed E-state index contributed by atoms with van der Waals surface area (Å²) in [6.07, 6.45) is 0.479. The Bertz CT molecular complexity index is 1410. The first kappa shape index (κ1) is 21.9. The van der Waals surface area contributed by atoms with Crippen LogP contribution in [0.15, 0.2) is 65.3 Å². The van der Waals surface area contributed by atoms with Crippen molar-refractivity contribution in [2.75, 3.05) is 10.1 Å². The first-order valence-electron chi connectivity index (χ1n) is 10.2. The molecule has 174 valence electrons. The smallest absolute Gasteiger partial charge is 0.314 e. The molecule has 1 aliphatic rings. The van der Waals surface area contributed by atoms with Crippen molar-refractivity contribution in [1.29, 1.82) is 0 Å². The highest BCUT2D eigenvalue weighted by Gasteiger charge is 2.30. The molecule has 1 aliphatic heterocycles. The Morgan fingerprint density at radius 1 is 1.09 bits per heavy atom. The Morgan fingerprint density at radius 3 is 2.68 bits per heavy atom. The number of hydrogen-bond donors (Lipinski definition) is 0. The molecule has 0 bridgehead atoms. The van der Waals surface area contributed by atoms with E-state index in [4.69, 9.17) is 9.15 Å². The van der Waals surface area contributed by atoms with Crippen molar-refractivity contribution in [3.63, 3.8) is 0 Å². The van der Waals surface area contributed by atoms with Crippen LogP contribution in [-0.4, -0.2) is 34.3 Å². The van der Waals surface area contributed by atoms with E-state index in [1.807, 2.05) is 6.07 Å². The van der Waals surface area contributed by atoms with E-state index >= 15 is 0 Å². The van der Waals surface area contributed by atoms with Gasteiger partial charge in [-0.1, -0.05) is 6.07 Å². The van der Waals surface area contributed by atoms with Gasteiger partial charge in [0.25, 0.3) is 5.89 Å². The number of pyridine rings is 2. The molecule has 0 fully saturated rings. The lowest BCUT2D eigenvalue weighted by Gasteiger charge is -2.30. The molecule has 0 amide bonds. The summed E-state index contributed by atoms with van der Waals surface area (Å²) in [7, 11) is -3.56. The SMILES string of the molecule is O=S1(=O)CCc2cc(Oc3ccccn3)ccc2N1Cc1ccc(-c2nnc(C(F)F)o2)cn1. The summed E-state index contributed by atoms with van der Waals surface area (Å²) in [5.74, 6) is 0.0758. The van der Waals surface area contributed by atoms with Gasteiger partial charge in [0, 0.05) is 18.5 Å². The van der Waals surface area contributed by atoms with Crippen LogP contribution in [0.25, 0.3) is 11.5 Å². The van der Waals surface area contributed by atoms with Crippen LogP contribution >= 0.6 is 0 Å². The van der Waals surface area contributed by atoms with E-state index in [1.165, 1.54) is 10.5 Å². The summed E-state index contributed by atoms with van der Waals surface area (Å²) in [5, 5.41) is 6.87. The molecule has 34 heavy (non-hydrogen) atoms. The summed E-state index contributed by atoms with van der Waals surface area (Å²) in [5.41, 5.74) is 2.18. The molecule has 0 saturated heterocycles. The number of benzene rings is 1. The van der Waals surface area contributed by atoms with Gasteiger partial charge in [-0.05, 0) is 48.4 Å². The molecule has 0 radical (unpaired) electrons. The minimum absolute atomic E-state index is 0.00216. The third-order valence-electron chi connectivity index (χ3n) is 5.15. The highest BCUT2D eigenvalue weighted by atomic mass is 32.2. The minimum Gasteiger partial charge on any atom is -0.439 e. The Balaban J connectivity index is 1.38. The molecule has 0 atom stereocenters. The van der Waals surface area contributed by atoms with Crippen LogP contribution in [0.5, 0.6) is 11.6 Å². The van der Waals surface area contributed by atoms with Crippen molar-refractivity contribution >= 4 is 15.7 Å². The number of sulfonamides is 1. The van der Waals surface area contributed by atoms with Crippen molar-refractivity contribution < 1.29 is 26.4 Å². The van der Waals surface area contributed by atoms with Crippen LogP contribution < -0.4 is 9.04 Å². The maximum Gasteiger partial charge on any atom is 0.314 e. The summed E-state index contributed by atoms with van der Waals surface area (Å²) >= 11 is 0. The fourth-order valence-corrected chi connectivity index (χ4v) is 5.02. The predicted octanol–water partition coefficient (Wildman–Crippen LogP) is 4.15. The van der Waals surface area contributed by atoms with E-state index in [2.05, 4.69) is 20.2 Å². The second-order valence-corrected chi connectivity index (χ2v) is 9.43. The fraction of sp³-hybridized carbons (Fsp3) is 0.182. The summed E-state index contributed by atoms with van der Waals surface area (Å²) in [4.78, 5) is 8.39. The second-order valence-electron chi connectivity index (χ2n) is 7.42. The number of halogens is 2. The van der Waals surface area contributed by atoms with Gasteiger partial charge in [-0.3, -0.25) is 9.29 Å². The zero-order valence-corrected chi connectivity index (χ0v) is 18.3. The van der Waals surface area contributed by atoms with E-state index in [0.29, 0.717) is 35.0 Å². The van der Waals surface area contributed by atoms with Gasteiger partial charge >= 0.3 is 6.43 Å². The van der Waals surface area contributed by atoms with Crippen LogP contribution in [0.3, 0.4) is 0 Å². The van der Waals surface area contributed by atoms with Gasteiger partial charge in [-0.2, -0.15) is 8.78 Å². The summed E-state index contributed by atoms with van der Waals surface area (Å²) in [6, 6.07) is 13.7. The third kappa shape index (κ3) is 4.44. The molecule has 1 aromatic carbocycles. The normalized spacial score (nSPS) is 14.7. The van der Waals surface area contributed by atoms with Crippen LogP contribution in [0.2, 0.25) is 0 Å². The van der Waals surface area contributed by atoms with Crippen LogP contribution in [-0.2, 0) is 23.0 Å². The minimum atomic E-state index is -3.56. The number of aryl methyl sites for hydroxylation is 1. The van der Waals surface area contributed by atoms with Crippen LogP contribution in [0, 0.1) is 0 Å². The highest BCUT2D eigenvalue weighted by Crippen LogP contribution is 2.34. The number of fused-ring (bicyclic) bond motifs is 1. The molecule has 5 rings (SSSR count). The first-order chi connectivity index (χ1) is 16.4. The van der Waals surface area contributed by atoms with Gasteiger partial charge in [-0.15, -0.1) is 10.2 Å². The molecule has 0 unspecified atom stereocenters. The van der Waals surface area contributed by atoms with Gasteiger partial charge < -0.3 is 9.15 Å². The quantitative estimate of drug-likeness (QED) is 0.401. The number of hydrogen-bond acceptors (Lipinski definition) is 8. The highest BCUT2D eigenvalue weighted by molar-refractivity contribution is 7.92. The van der Waals surface area contributed by atoms with Crippen LogP contribution in [0.1, 0.15) is 23.6 Å². The van der Waals surface area contributed by atoms with Crippen molar-refractivity contribution in [2.45, 2.75) is 19.4 Å². The van der Waals surface area contributed by atoms with E-state index in [9.17, 15) is 17.2 Å². The average molecular weight is 485 g/mol. The monoisotopic (exact) mass is 485 g/mol. The maximum atomic E-state index is 12.8. The van der Waals surface area contributed by atoms with E-state index in [0.717, 1.165) is 5.56 Å². The topological polar surface area (TPSA) is 111 Å². The van der Waals surface area contributed by atoms with Gasteiger partial charge in [0.2, 0.25) is 21.8 Å². The zero-order valence-electron chi connectivity index (χ0n) is 17.5. The molecule has 0 spiro atoms. The molecular formula is C22H17F2N5O4S. The largest absolute Gasteiger partial charge is 0.439 e. The first-order valence-corrected chi connectivity index (χ1v) is 11.8. The van der Waals surface area contributed by atoms with E-state index < -0.39 is 22.3 Å². The standard InChI is InChI=1S/C22H17F2N5O4S/c23-20(24)22-28-27-21(33-22)15-4-5-16(26-12-15)13-29-18-7-6-17(32-19-3-1-2-9-25-19)11-14(18)8-10-34(29,30)31/h1-7,9,11-12,20H,8,10,13H2. The van der Waals surface area contributed by atoms with Crippen molar-refractivity contribution in [3.8, 4) is 23.1 Å². The molecule has 4 heterocycles. The molecule has 9 nitrogen and oxygen atoms in total. The molecule has 0 aliphatic carbocycles. The lowest BCUT2D eigenvalue weighted by molar-refractivity contribution is 0.116. The Hall–Kier alpha value is -3.93. The lowest BCUT2D eigenvalue weighted by atomic mass is 10.1. The number of anilines is 1. The summed E-state index contributed by atoms with van der Waals surface area (Å²) in [6.45, 7) is 0.00216. The zero-order chi connectivity index (χ0) is 23.7. The van der Waals surface area contributed by atoms with Crippen molar-refractivity contribution in [3.05, 3.63) is 78.1 Å². The molecule has 4 aromatic rings. The molecule has 3 aromatic heterocycles. The molecule has 12 heteroatoms. The number of alkyl halides is 2. The Labute approximate surface area is 193 Å². The van der Waals surface area contributed by atoms with Crippen LogP contribution in [0.4, 0.5) is 14.5 Å². The van der Waals surface area contributed by atoms with E-state index in [-0.39, 0.29) is 18.2 Å². The number of rotatable bonds is 6. The average Bonchev–Trinajstić information content (AvgIpc) is 3.33. The Morgan fingerprint density at radius 2 is 1.97 bits per heavy atom. The van der Waals surface area contributed by atoms with Gasteiger partial charge in [0.1, 0.15) is 5.75 Å². The van der Waals surface area contributed by atoms with Crippen molar-refractivity contribution in [1.82, 2.24) is 20.2 Å². The third-order valence-corrected chi connectivity index (χ3v) is 6.87. The maximum absolute atomic E-state index is 12.8. The van der Waals surface area contributed by atoms with Gasteiger partial charge in [0.05, 0.1) is 29.2 Å². The molecular weight excluding hydrogens is 468 g/mol. The van der Waals surface area contributed by atoms with Gasteiger partial charge in [0.15, 0.2) is 0 Å². The second kappa shape index (κ2) is 8.78.